The van der Waals surface area contributed by atoms with Gasteiger partial charge in [0.15, 0.2) is 0 Å². The highest BCUT2D eigenvalue weighted by molar-refractivity contribution is 5.77. The molecule has 0 aliphatic carbocycles. The topological polar surface area (TPSA) is 43.6 Å². The van der Waals surface area contributed by atoms with E-state index >= 15 is 0 Å². The monoisotopic (exact) mass is 274 g/mol. The highest BCUT2D eigenvalue weighted by Crippen LogP contribution is 2.22. The summed E-state index contributed by atoms with van der Waals surface area (Å²) < 4.78 is 5.77. The van der Waals surface area contributed by atoms with Gasteiger partial charge in [-0.1, -0.05) is 20.8 Å². The van der Waals surface area contributed by atoms with Gasteiger partial charge in [0.05, 0.1) is 18.7 Å². The Balaban J connectivity index is 1.87. The second-order valence-electron chi connectivity index (χ2n) is 6.46. The van der Waals surface area contributed by atoms with E-state index in [0.717, 1.165) is 29.7 Å². The molecule has 0 spiro atoms. The Hall–Kier alpha value is -1.77. The molecule has 2 rings (SSSR count). The molecule has 20 heavy (non-hydrogen) atoms. The van der Waals surface area contributed by atoms with E-state index in [1.54, 1.807) is 6.07 Å². The summed E-state index contributed by atoms with van der Waals surface area (Å²) in [6, 6.07) is 9.43. The van der Waals surface area contributed by atoms with Crippen molar-refractivity contribution in [2.45, 2.75) is 40.0 Å². The van der Waals surface area contributed by atoms with Crippen LogP contribution in [0, 0.1) is 5.41 Å². The van der Waals surface area contributed by atoms with Crippen LogP contribution in [0.15, 0.2) is 30.3 Å². The van der Waals surface area contributed by atoms with Crippen molar-refractivity contribution in [1.82, 2.24) is 0 Å². The minimum atomic E-state index is 0.167. The molecule has 0 atom stereocenters. The van der Waals surface area contributed by atoms with Gasteiger partial charge in [-0.2, -0.15) is 4.98 Å². The fourth-order valence-electron chi connectivity index (χ4n) is 2.17. The molecule has 108 valence electrons. The molecule has 0 saturated carbocycles. The van der Waals surface area contributed by atoms with E-state index in [-0.39, 0.29) is 5.88 Å². The lowest BCUT2D eigenvalue weighted by Gasteiger charge is -2.17. The molecule has 0 fully saturated rings. The number of hydrogen-bond donors (Lipinski definition) is 1. The van der Waals surface area contributed by atoms with Gasteiger partial charge in [0.25, 0.3) is 0 Å². The maximum absolute atomic E-state index is 9.45. The Morgan fingerprint density at radius 3 is 2.60 bits per heavy atom. The van der Waals surface area contributed by atoms with E-state index in [1.807, 2.05) is 24.3 Å². The van der Waals surface area contributed by atoms with Gasteiger partial charge in [0, 0.05) is 5.39 Å². The first-order chi connectivity index (χ1) is 9.44. The number of pyridine rings is 1. The largest absolute Gasteiger partial charge is 0.493 e. The van der Waals surface area contributed by atoms with Crippen LogP contribution in [-0.2, 0) is 0 Å². The van der Waals surface area contributed by atoms with E-state index in [2.05, 4.69) is 25.8 Å². The molecule has 2 N–H and O–H groups in total. The lowest BCUT2D eigenvalue weighted by molar-refractivity contribution is -0.362. The van der Waals surface area contributed by atoms with Gasteiger partial charge in [-0.3, -0.25) is 0 Å². The standard InChI is InChI=1S/C17H23NO2/c1-17(2,3)10-4-5-11-20-14-8-6-13-7-9-16(19)18-15(13)12-14/h6-9,12H,4-5,10-11H2,1-3H3,(H,18,19)/p+1. The summed E-state index contributed by atoms with van der Waals surface area (Å²) in [6.45, 7) is 7.53. The molecule has 0 amide bonds. The van der Waals surface area contributed by atoms with Gasteiger partial charge >= 0.3 is 5.88 Å². The quantitative estimate of drug-likeness (QED) is 0.839. The van der Waals surface area contributed by atoms with Crippen LogP contribution in [0.2, 0.25) is 0 Å². The van der Waals surface area contributed by atoms with Crippen molar-refractivity contribution in [2.75, 3.05) is 6.61 Å². The highest BCUT2D eigenvalue weighted by atomic mass is 16.5. The van der Waals surface area contributed by atoms with Gasteiger partial charge in [-0.15, -0.1) is 0 Å². The lowest BCUT2D eigenvalue weighted by Crippen LogP contribution is -2.06. The number of aromatic hydroxyl groups is 1. The van der Waals surface area contributed by atoms with Crippen LogP contribution in [-0.4, -0.2) is 11.7 Å². The number of fused-ring (bicyclic) bond motifs is 1. The van der Waals surface area contributed by atoms with Gasteiger partial charge < -0.3 is 9.84 Å². The normalized spacial score (nSPS) is 11.8. The average molecular weight is 274 g/mol. The summed E-state index contributed by atoms with van der Waals surface area (Å²) in [6.07, 6.45) is 3.47. The van der Waals surface area contributed by atoms with Crippen LogP contribution in [0.3, 0.4) is 0 Å². The second-order valence-corrected chi connectivity index (χ2v) is 6.46. The van der Waals surface area contributed by atoms with Gasteiger partial charge in [-0.25, -0.2) is 0 Å². The molecular weight excluding hydrogens is 250 g/mol. The van der Waals surface area contributed by atoms with Gasteiger partial charge in [0.2, 0.25) is 5.52 Å². The van der Waals surface area contributed by atoms with Crippen LogP contribution >= 0.6 is 0 Å². The molecule has 1 heterocycles. The fraction of sp³-hybridized carbons (Fsp3) is 0.471. The van der Waals surface area contributed by atoms with Crippen LogP contribution in [0.25, 0.3) is 10.9 Å². The van der Waals surface area contributed by atoms with Crippen molar-refractivity contribution in [1.29, 1.82) is 0 Å². The number of aromatic amines is 1. The highest BCUT2D eigenvalue weighted by Gasteiger charge is 2.09. The SMILES string of the molecule is CC(C)(C)CCCCOc1ccc2ccc(O)[nH+]c2c1. The molecule has 1 aromatic heterocycles. The maximum atomic E-state index is 9.45. The van der Waals surface area contributed by atoms with Crippen LogP contribution < -0.4 is 9.72 Å². The predicted octanol–water partition coefficient (Wildman–Crippen LogP) is 3.95. The first-order valence-corrected chi connectivity index (χ1v) is 7.22. The van der Waals surface area contributed by atoms with E-state index in [1.165, 1.54) is 12.8 Å². The number of ether oxygens (including phenoxy) is 1. The number of rotatable bonds is 5. The molecule has 0 radical (unpaired) electrons. The molecule has 0 unspecified atom stereocenters. The van der Waals surface area contributed by atoms with E-state index in [0.29, 0.717) is 5.41 Å². The van der Waals surface area contributed by atoms with E-state index in [9.17, 15) is 5.11 Å². The van der Waals surface area contributed by atoms with Crippen molar-refractivity contribution in [2.24, 2.45) is 5.41 Å². The van der Waals surface area contributed by atoms with Gasteiger partial charge in [-0.05, 0) is 42.9 Å². The summed E-state index contributed by atoms with van der Waals surface area (Å²) in [5, 5.41) is 10.5. The minimum absolute atomic E-state index is 0.167. The van der Waals surface area contributed by atoms with E-state index in [4.69, 9.17) is 4.74 Å². The Labute approximate surface area is 120 Å². The molecule has 0 saturated heterocycles. The summed E-state index contributed by atoms with van der Waals surface area (Å²) in [5.41, 5.74) is 1.28. The fourth-order valence-corrected chi connectivity index (χ4v) is 2.17. The van der Waals surface area contributed by atoms with Crippen LogP contribution in [0.1, 0.15) is 40.0 Å². The molecule has 3 heteroatoms. The third kappa shape index (κ3) is 4.41. The van der Waals surface area contributed by atoms with Crippen molar-refractivity contribution in [3.63, 3.8) is 0 Å². The summed E-state index contributed by atoms with van der Waals surface area (Å²) in [7, 11) is 0. The lowest BCUT2D eigenvalue weighted by atomic mass is 9.90. The molecular formula is C17H24NO2+. The molecule has 1 aromatic carbocycles. The number of benzene rings is 1. The first kappa shape index (κ1) is 14.6. The number of H-pyrrole nitrogens is 1. The third-order valence-electron chi connectivity index (χ3n) is 3.30. The summed E-state index contributed by atoms with van der Waals surface area (Å²) in [5.74, 6) is 1.01. The number of hydrogen-bond acceptors (Lipinski definition) is 2. The van der Waals surface area contributed by atoms with Crippen LogP contribution in [0.5, 0.6) is 11.6 Å². The zero-order valence-corrected chi connectivity index (χ0v) is 12.6. The Kier molecular flexibility index (Phi) is 4.48. The first-order valence-electron chi connectivity index (χ1n) is 7.22. The van der Waals surface area contributed by atoms with Gasteiger partial charge in [0.1, 0.15) is 5.75 Å². The number of nitrogens with one attached hydrogen (secondary N) is 1. The predicted molar refractivity (Wildman–Crippen MR) is 81.0 cm³/mol. The van der Waals surface area contributed by atoms with E-state index < -0.39 is 0 Å². The summed E-state index contributed by atoms with van der Waals surface area (Å²) in [4.78, 5) is 2.93. The van der Waals surface area contributed by atoms with Crippen molar-refractivity contribution < 1.29 is 14.8 Å². The molecule has 3 nitrogen and oxygen atoms in total. The van der Waals surface area contributed by atoms with Crippen molar-refractivity contribution in [3.8, 4) is 11.6 Å². The number of unbranched alkanes of at least 4 members (excludes halogenated alkanes) is 1. The average Bonchev–Trinajstić information content (AvgIpc) is 2.36. The zero-order chi connectivity index (χ0) is 14.6. The van der Waals surface area contributed by atoms with Crippen LogP contribution in [0.4, 0.5) is 0 Å². The smallest absolute Gasteiger partial charge is 0.364 e. The Bertz CT molecular complexity index is 573. The zero-order valence-electron chi connectivity index (χ0n) is 12.6. The maximum Gasteiger partial charge on any atom is 0.364 e. The minimum Gasteiger partial charge on any atom is -0.493 e. The molecule has 0 aliphatic rings. The molecule has 0 bridgehead atoms. The van der Waals surface area contributed by atoms with Crippen molar-refractivity contribution >= 4 is 10.9 Å². The Morgan fingerprint density at radius 1 is 1.10 bits per heavy atom. The summed E-state index contributed by atoms with van der Waals surface area (Å²) >= 11 is 0. The molecule has 0 aliphatic heterocycles. The Morgan fingerprint density at radius 2 is 1.85 bits per heavy atom. The third-order valence-corrected chi connectivity index (χ3v) is 3.30. The number of aromatic nitrogens is 1. The molecule has 2 aromatic rings. The second kappa shape index (κ2) is 6.12. The van der Waals surface area contributed by atoms with Crippen molar-refractivity contribution in [3.05, 3.63) is 30.3 Å².